The summed E-state index contributed by atoms with van der Waals surface area (Å²) < 4.78 is 31.4. The van der Waals surface area contributed by atoms with Gasteiger partial charge in [-0.2, -0.15) is 0 Å². The Morgan fingerprint density at radius 3 is 2.00 bits per heavy atom. The predicted molar refractivity (Wildman–Crippen MR) is 164 cm³/mol. The summed E-state index contributed by atoms with van der Waals surface area (Å²) in [4.78, 5) is 40.1. The van der Waals surface area contributed by atoms with Gasteiger partial charge in [-0.05, 0) is 65.6 Å². The fraction of sp³-hybridized carbons (Fsp3) is 0.323. The third-order valence-corrected chi connectivity index (χ3v) is 7.95. The number of rotatable bonds is 8. The van der Waals surface area contributed by atoms with Gasteiger partial charge in [0.05, 0.1) is 25.2 Å². The molecule has 3 amide bonds. The lowest BCUT2D eigenvalue weighted by atomic mass is 9.87. The van der Waals surface area contributed by atoms with E-state index in [-0.39, 0.29) is 22.9 Å². The van der Waals surface area contributed by atoms with E-state index in [1.165, 1.54) is 12.1 Å². The lowest BCUT2D eigenvalue weighted by Gasteiger charge is -2.27. The lowest BCUT2D eigenvalue weighted by molar-refractivity contribution is -0.114. The standard InChI is InChI=1S/C31H36N4O6S/c1-31(2,3)24-12-8-22(9-13-24)29(37)33-26-7-5-6-25(20-26)32-28(36)21-35(42(4,39)40)27-14-10-23(11-15-27)30(38)34-16-18-41-19-17-34/h5-15,20H,16-19,21H2,1-4H3,(H,32,36)(H,33,37). The van der Waals surface area contributed by atoms with Crippen molar-refractivity contribution in [3.05, 3.63) is 89.5 Å². The molecule has 0 unspecified atom stereocenters. The highest BCUT2D eigenvalue weighted by Gasteiger charge is 2.23. The summed E-state index contributed by atoms with van der Waals surface area (Å²) in [6, 6.07) is 20.1. The summed E-state index contributed by atoms with van der Waals surface area (Å²) in [5.41, 5.74) is 3.12. The van der Waals surface area contributed by atoms with Crippen LogP contribution in [0, 0.1) is 0 Å². The van der Waals surface area contributed by atoms with Crippen LogP contribution in [0.25, 0.3) is 0 Å². The van der Waals surface area contributed by atoms with Crippen LogP contribution in [0.15, 0.2) is 72.8 Å². The molecule has 2 N–H and O–H groups in total. The Bertz CT molecular complexity index is 1540. The molecular formula is C31H36N4O6S. The number of carbonyl (C=O) groups excluding carboxylic acids is 3. The van der Waals surface area contributed by atoms with Crippen LogP contribution < -0.4 is 14.9 Å². The summed E-state index contributed by atoms with van der Waals surface area (Å²) in [5.74, 6) is -1.03. The molecule has 11 heteroatoms. The van der Waals surface area contributed by atoms with E-state index in [9.17, 15) is 22.8 Å². The number of anilines is 3. The topological polar surface area (TPSA) is 125 Å². The molecule has 3 aromatic rings. The van der Waals surface area contributed by atoms with Gasteiger partial charge < -0.3 is 20.3 Å². The first kappa shape index (κ1) is 30.7. The SMILES string of the molecule is CC(C)(C)c1ccc(C(=O)Nc2cccc(NC(=O)CN(c3ccc(C(=O)N4CCOCC4)cc3)S(C)(=O)=O)c2)cc1. The summed E-state index contributed by atoms with van der Waals surface area (Å²) >= 11 is 0. The van der Waals surface area contributed by atoms with Gasteiger partial charge in [0, 0.05) is 35.6 Å². The average Bonchev–Trinajstić information content (AvgIpc) is 2.95. The normalized spacial score (nSPS) is 13.8. The molecule has 1 saturated heterocycles. The van der Waals surface area contributed by atoms with Crippen LogP contribution in [0.2, 0.25) is 0 Å². The van der Waals surface area contributed by atoms with Gasteiger partial charge in [-0.25, -0.2) is 8.42 Å². The first-order valence-corrected chi connectivity index (χ1v) is 15.4. The zero-order valence-electron chi connectivity index (χ0n) is 24.2. The van der Waals surface area contributed by atoms with Gasteiger partial charge in [-0.15, -0.1) is 0 Å². The Labute approximate surface area is 246 Å². The Hall–Kier alpha value is -4.22. The number of amides is 3. The van der Waals surface area contributed by atoms with E-state index in [1.807, 2.05) is 12.1 Å². The quantitative estimate of drug-likeness (QED) is 0.406. The van der Waals surface area contributed by atoms with Crippen molar-refractivity contribution in [1.82, 2.24) is 4.90 Å². The molecule has 0 atom stereocenters. The molecule has 4 rings (SSSR count). The van der Waals surface area contributed by atoms with Crippen molar-refractivity contribution < 1.29 is 27.5 Å². The summed E-state index contributed by atoms with van der Waals surface area (Å²) in [7, 11) is -3.82. The molecule has 0 saturated carbocycles. The van der Waals surface area contributed by atoms with Crippen LogP contribution in [-0.4, -0.2) is 70.1 Å². The van der Waals surface area contributed by atoms with E-state index >= 15 is 0 Å². The number of nitrogens with one attached hydrogen (secondary N) is 2. The highest BCUT2D eigenvalue weighted by atomic mass is 32.2. The van der Waals surface area contributed by atoms with Gasteiger partial charge in [0.25, 0.3) is 11.8 Å². The number of carbonyl (C=O) groups is 3. The molecule has 222 valence electrons. The molecule has 3 aromatic carbocycles. The van der Waals surface area contributed by atoms with E-state index in [0.29, 0.717) is 48.8 Å². The van der Waals surface area contributed by atoms with Crippen molar-refractivity contribution in [2.24, 2.45) is 0 Å². The molecule has 0 aromatic heterocycles. The summed E-state index contributed by atoms with van der Waals surface area (Å²) in [6.07, 6.45) is 1.01. The molecule has 1 aliphatic heterocycles. The molecule has 10 nitrogen and oxygen atoms in total. The molecule has 1 fully saturated rings. The van der Waals surface area contributed by atoms with Crippen molar-refractivity contribution in [3.63, 3.8) is 0 Å². The van der Waals surface area contributed by atoms with Crippen LogP contribution in [0.4, 0.5) is 17.1 Å². The Balaban J connectivity index is 1.40. The minimum Gasteiger partial charge on any atom is -0.378 e. The van der Waals surface area contributed by atoms with Crippen LogP contribution >= 0.6 is 0 Å². The molecule has 0 radical (unpaired) electrons. The van der Waals surface area contributed by atoms with Crippen molar-refractivity contribution in [2.75, 3.05) is 54.0 Å². The number of nitrogens with zero attached hydrogens (tertiary/aromatic N) is 2. The maximum Gasteiger partial charge on any atom is 0.255 e. The van der Waals surface area contributed by atoms with E-state index in [2.05, 4.69) is 31.4 Å². The second-order valence-corrected chi connectivity index (χ2v) is 13.0. The molecule has 0 spiro atoms. The first-order chi connectivity index (χ1) is 19.8. The lowest BCUT2D eigenvalue weighted by Crippen LogP contribution is -2.40. The second-order valence-electron chi connectivity index (χ2n) is 11.1. The van der Waals surface area contributed by atoms with Crippen molar-refractivity contribution in [2.45, 2.75) is 26.2 Å². The van der Waals surface area contributed by atoms with Crippen molar-refractivity contribution in [3.8, 4) is 0 Å². The maximum absolute atomic E-state index is 12.9. The fourth-order valence-electron chi connectivity index (χ4n) is 4.45. The predicted octanol–water partition coefficient (Wildman–Crippen LogP) is 4.11. The van der Waals surface area contributed by atoms with Gasteiger partial charge in [0.2, 0.25) is 15.9 Å². The van der Waals surface area contributed by atoms with Gasteiger partial charge in [0.15, 0.2) is 0 Å². The Kier molecular flexibility index (Phi) is 9.33. The first-order valence-electron chi connectivity index (χ1n) is 13.6. The minimum absolute atomic E-state index is 0.0280. The van der Waals surface area contributed by atoms with Gasteiger partial charge in [-0.1, -0.05) is 39.0 Å². The Morgan fingerprint density at radius 1 is 0.857 bits per heavy atom. The highest BCUT2D eigenvalue weighted by Crippen LogP contribution is 2.23. The highest BCUT2D eigenvalue weighted by molar-refractivity contribution is 7.92. The fourth-order valence-corrected chi connectivity index (χ4v) is 5.31. The molecular weight excluding hydrogens is 556 g/mol. The largest absolute Gasteiger partial charge is 0.378 e. The van der Waals surface area contributed by atoms with Crippen LogP contribution in [0.5, 0.6) is 0 Å². The van der Waals surface area contributed by atoms with E-state index in [4.69, 9.17) is 4.74 Å². The Morgan fingerprint density at radius 2 is 1.43 bits per heavy atom. The van der Waals surface area contributed by atoms with E-state index in [1.54, 1.807) is 53.4 Å². The zero-order valence-corrected chi connectivity index (χ0v) is 25.0. The van der Waals surface area contributed by atoms with Crippen molar-refractivity contribution >= 4 is 44.8 Å². The number of sulfonamides is 1. The van der Waals surface area contributed by atoms with Gasteiger partial charge >= 0.3 is 0 Å². The van der Waals surface area contributed by atoms with Gasteiger partial charge in [0.1, 0.15) is 6.54 Å². The van der Waals surface area contributed by atoms with Gasteiger partial charge in [-0.3, -0.25) is 18.7 Å². The van der Waals surface area contributed by atoms with Crippen molar-refractivity contribution in [1.29, 1.82) is 0 Å². The smallest absolute Gasteiger partial charge is 0.255 e. The third-order valence-electron chi connectivity index (χ3n) is 6.81. The average molecular weight is 593 g/mol. The number of morpholine rings is 1. The minimum atomic E-state index is -3.82. The third kappa shape index (κ3) is 7.95. The van der Waals surface area contributed by atoms with E-state index in [0.717, 1.165) is 16.1 Å². The number of hydrogen-bond donors (Lipinski definition) is 2. The molecule has 42 heavy (non-hydrogen) atoms. The summed E-state index contributed by atoms with van der Waals surface area (Å²) in [5, 5.41) is 5.52. The summed E-state index contributed by atoms with van der Waals surface area (Å²) in [6.45, 7) is 7.75. The molecule has 0 bridgehead atoms. The molecule has 1 aliphatic rings. The zero-order chi connectivity index (χ0) is 30.5. The van der Waals surface area contributed by atoms with Crippen LogP contribution in [0.3, 0.4) is 0 Å². The maximum atomic E-state index is 12.9. The van der Waals surface area contributed by atoms with E-state index < -0.39 is 22.5 Å². The van der Waals surface area contributed by atoms with Crippen LogP contribution in [-0.2, 0) is 25.0 Å². The molecule has 0 aliphatic carbocycles. The monoisotopic (exact) mass is 592 g/mol. The molecule has 1 heterocycles. The second kappa shape index (κ2) is 12.7. The number of hydrogen-bond acceptors (Lipinski definition) is 6. The van der Waals surface area contributed by atoms with Crippen LogP contribution in [0.1, 0.15) is 47.1 Å². The number of benzene rings is 3. The number of ether oxygens (including phenoxy) is 1.